The molecular weight excluding hydrogens is 376 g/mol. The minimum Gasteiger partial charge on any atom is -0.324 e. The van der Waals surface area contributed by atoms with Crippen LogP contribution in [-0.2, 0) is 23.2 Å². The van der Waals surface area contributed by atoms with Gasteiger partial charge in [0.05, 0.1) is 6.07 Å². The Kier molecular flexibility index (Phi) is 7.30. The van der Waals surface area contributed by atoms with Gasteiger partial charge in [-0.15, -0.1) is 0 Å². The van der Waals surface area contributed by atoms with Gasteiger partial charge in [-0.2, -0.15) is 5.26 Å². The molecule has 0 unspecified atom stereocenters. The van der Waals surface area contributed by atoms with Crippen molar-refractivity contribution < 1.29 is 4.79 Å². The van der Waals surface area contributed by atoms with E-state index in [1.165, 1.54) is 4.68 Å². The van der Waals surface area contributed by atoms with Crippen LogP contribution in [0.5, 0.6) is 0 Å². The molecule has 0 atom stereocenters. The summed E-state index contributed by atoms with van der Waals surface area (Å²) in [5.74, 6) is 0.273. The first-order chi connectivity index (χ1) is 14.0. The molecule has 0 saturated carbocycles. The van der Waals surface area contributed by atoms with Crippen molar-refractivity contribution in [3.8, 4) is 6.07 Å². The van der Waals surface area contributed by atoms with E-state index in [9.17, 15) is 9.59 Å². The van der Waals surface area contributed by atoms with Crippen LogP contribution in [0.25, 0.3) is 0 Å². The lowest BCUT2D eigenvalue weighted by atomic mass is 9.88. The summed E-state index contributed by atoms with van der Waals surface area (Å²) in [5, 5.41) is 15.1. The van der Waals surface area contributed by atoms with Crippen molar-refractivity contribution in [1.82, 2.24) is 9.78 Å². The molecule has 1 amide bonds. The summed E-state index contributed by atoms with van der Waals surface area (Å²) in [6.45, 7) is 14.3. The summed E-state index contributed by atoms with van der Waals surface area (Å²) in [6.07, 6.45) is 0.641. The Labute approximate surface area is 179 Å². The number of rotatable bonds is 7. The molecule has 0 spiro atoms. The number of amides is 1. The zero-order valence-corrected chi connectivity index (χ0v) is 19.2. The van der Waals surface area contributed by atoms with Gasteiger partial charge in [0.25, 0.3) is 5.56 Å². The summed E-state index contributed by atoms with van der Waals surface area (Å²) in [4.78, 5) is 25.8. The highest BCUT2D eigenvalue weighted by Crippen LogP contribution is 2.32. The molecule has 2 aromatic rings. The third-order valence-corrected chi connectivity index (χ3v) is 5.23. The zero-order valence-electron chi connectivity index (χ0n) is 19.2. The molecule has 0 saturated heterocycles. The Bertz CT molecular complexity index is 971. The van der Waals surface area contributed by atoms with Crippen molar-refractivity contribution in [2.24, 2.45) is 0 Å². The van der Waals surface area contributed by atoms with Crippen LogP contribution in [0.2, 0.25) is 0 Å². The number of aromatic amines is 1. The second-order valence-corrected chi connectivity index (χ2v) is 9.43. The maximum Gasteiger partial charge on any atom is 0.270 e. The van der Waals surface area contributed by atoms with Crippen LogP contribution >= 0.6 is 0 Å². The van der Waals surface area contributed by atoms with Crippen molar-refractivity contribution in [3.05, 3.63) is 50.9 Å². The number of hydrogen-bond acceptors (Lipinski definition) is 3. The maximum atomic E-state index is 12.9. The van der Waals surface area contributed by atoms with Crippen LogP contribution in [-0.4, -0.2) is 15.7 Å². The van der Waals surface area contributed by atoms with E-state index >= 15 is 0 Å². The maximum absolute atomic E-state index is 12.9. The molecule has 1 heterocycles. The van der Waals surface area contributed by atoms with Gasteiger partial charge in [-0.25, -0.2) is 4.68 Å². The Balaban J connectivity index is 2.38. The molecular formula is C24H34N4O2. The SMILES string of the molecule is CC(C)c1cccc(C(C)C)c1NC(=O)Cn1[nH]c(C(C)(C)C)c(CCC#N)c1=O. The molecule has 0 aliphatic rings. The highest BCUT2D eigenvalue weighted by Gasteiger charge is 2.25. The zero-order chi connectivity index (χ0) is 22.6. The molecule has 30 heavy (non-hydrogen) atoms. The van der Waals surface area contributed by atoms with E-state index in [4.69, 9.17) is 5.26 Å². The fraction of sp³-hybridized carbons (Fsp3) is 0.542. The smallest absolute Gasteiger partial charge is 0.270 e. The number of aromatic nitrogens is 2. The number of H-pyrrole nitrogens is 1. The lowest BCUT2D eigenvalue weighted by molar-refractivity contribution is -0.117. The van der Waals surface area contributed by atoms with Crippen molar-refractivity contribution in [2.45, 2.75) is 85.1 Å². The Hall–Kier alpha value is -2.81. The first-order valence-corrected chi connectivity index (χ1v) is 10.6. The van der Waals surface area contributed by atoms with E-state index in [1.54, 1.807) is 0 Å². The first-order valence-electron chi connectivity index (χ1n) is 10.6. The molecule has 0 bridgehead atoms. The normalized spacial score (nSPS) is 11.7. The first kappa shape index (κ1) is 23.5. The van der Waals surface area contributed by atoms with E-state index in [2.05, 4.69) is 44.2 Å². The molecule has 6 heteroatoms. The monoisotopic (exact) mass is 410 g/mol. The Morgan fingerprint density at radius 2 is 1.73 bits per heavy atom. The molecule has 0 fully saturated rings. The van der Waals surface area contributed by atoms with Crippen molar-refractivity contribution in [2.75, 3.05) is 5.32 Å². The predicted molar refractivity (Wildman–Crippen MR) is 121 cm³/mol. The fourth-order valence-electron chi connectivity index (χ4n) is 3.69. The third kappa shape index (κ3) is 5.21. The lowest BCUT2D eigenvalue weighted by Crippen LogP contribution is -2.28. The number of carbonyl (C=O) groups excluding carboxylic acids is 1. The molecule has 1 aromatic heterocycles. The molecule has 2 N–H and O–H groups in total. The quantitative estimate of drug-likeness (QED) is 0.686. The predicted octanol–water partition coefficient (Wildman–Crippen LogP) is 4.82. The molecule has 0 aliphatic carbocycles. The minimum absolute atomic E-state index is 0.0988. The fourth-order valence-corrected chi connectivity index (χ4v) is 3.69. The van der Waals surface area contributed by atoms with Crippen LogP contribution in [0.15, 0.2) is 23.0 Å². The van der Waals surface area contributed by atoms with Gasteiger partial charge in [-0.3, -0.25) is 14.7 Å². The average Bonchev–Trinajstić information content (AvgIpc) is 2.95. The van der Waals surface area contributed by atoms with Crippen molar-refractivity contribution >= 4 is 11.6 Å². The number of para-hydroxylation sites is 1. The van der Waals surface area contributed by atoms with Crippen LogP contribution in [0.4, 0.5) is 5.69 Å². The van der Waals surface area contributed by atoms with Gasteiger partial charge in [-0.1, -0.05) is 66.7 Å². The number of nitrogens with one attached hydrogen (secondary N) is 2. The molecule has 0 radical (unpaired) electrons. The minimum atomic E-state index is -0.291. The molecule has 2 rings (SSSR count). The number of nitrogens with zero attached hydrogens (tertiary/aromatic N) is 2. The Morgan fingerprint density at radius 3 is 2.20 bits per heavy atom. The average molecular weight is 411 g/mol. The topological polar surface area (TPSA) is 90.7 Å². The number of carbonyl (C=O) groups is 1. The van der Waals surface area contributed by atoms with E-state index in [1.807, 2.05) is 39.0 Å². The number of nitriles is 1. The third-order valence-electron chi connectivity index (χ3n) is 5.23. The van der Waals surface area contributed by atoms with E-state index < -0.39 is 0 Å². The summed E-state index contributed by atoms with van der Waals surface area (Å²) >= 11 is 0. The summed E-state index contributed by atoms with van der Waals surface area (Å²) in [5.41, 5.74) is 3.85. The molecule has 162 valence electrons. The molecule has 1 aromatic carbocycles. The van der Waals surface area contributed by atoms with E-state index in [-0.39, 0.29) is 41.7 Å². The summed E-state index contributed by atoms with van der Waals surface area (Å²) < 4.78 is 1.36. The van der Waals surface area contributed by atoms with Crippen molar-refractivity contribution in [1.29, 1.82) is 5.26 Å². The van der Waals surface area contributed by atoms with Crippen LogP contribution < -0.4 is 10.9 Å². The van der Waals surface area contributed by atoms with E-state index in [0.717, 1.165) is 22.5 Å². The van der Waals surface area contributed by atoms with Gasteiger partial charge >= 0.3 is 0 Å². The van der Waals surface area contributed by atoms with Crippen molar-refractivity contribution in [3.63, 3.8) is 0 Å². The lowest BCUT2D eigenvalue weighted by Gasteiger charge is -2.20. The summed E-state index contributed by atoms with van der Waals surface area (Å²) in [7, 11) is 0. The van der Waals surface area contributed by atoms with E-state index in [0.29, 0.717) is 12.0 Å². The molecule has 6 nitrogen and oxygen atoms in total. The molecule has 0 aliphatic heterocycles. The highest BCUT2D eigenvalue weighted by molar-refractivity contribution is 5.92. The number of benzene rings is 1. The van der Waals surface area contributed by atoms with Gasteiger partial charge in [0, 0.05) is 28.8 Å². The highest BCUT2D eigenvalue weighted by atomic mass is 16.2. The second kappa shape index (κ2) is 9.34. The van der Waals surface area contributed by atoms with Crippen LogP contribution in [0, 0.1) is 11.3 Å². The second-order valence-electron chi connectivity index (χ2n) is 9.43. The summed E-state index contributed by atoms with van der Waals surface area (Å²) in [6, 6.07) is 8.18. The number of hydrogen-bond donors (Lipinski definition) is 2. The van der Waals surface area contributed by atoms with Crippen LogP contribution in [0.1, 0.15) is 89.1 Å². The Morgan fingerprint density at radius 1 is 1.17 bits per heavy atom. The van der Waals surface area contributed by atoms with Gasteiger partial charge in [-0.05, 0) is 29.4 Å². The van der Waals surface area contributed by atoms with Gasteiger partial charge < -0.3 is 5.32 Å². The van der Waals surface area contributed by atoms with Crippen LogP contribution in [0.3, 0.4) is 0 Å². The standard InChI is InChI=1S/C24H34N4O2/c1-15(2)17-10-8-11-18(16(3)4)21(17)26-20(29)14-28-23(30)19(12-9-13-25)22(27-28)24(5,6)7/h8,10-11,15-16,27H,9,12,14H2,1-7H3,(H,26,29). The van der Waals surface area contributed by atoms with Gasteiger partial charge in [0.1, 0.15) is 6.54 Å². The largest absolute Gasteiger partial charge is 0.324 e. The number of anilines is 1. The van der Waals surface area contributed by atoms with Gasteiger partial charge in [0.2, 0.25) is 5.91 Å². The van der Waals surface area contributed by atoms with Gasteiger partial charge in [0.15, 0.2) is 0 Å².